The van der Waals surface area contributed by atoms with Crippen LogP contribution in [0.4, 0.5) is 5.69 Å². The van der Waals surface area contributed by atoms with Gasteiger partial charge in [-0.1, -0.05) is 0 Å². The van der Waals surface area contributed by atoms with Crippen molar-refractivity contribution >= 4 is 21.6 Å². The van der Waals surface area contributed by atoms with E-state index < -0.39 is 10.0 Å². The number of piperazine rings is 1. The Hall–Kier alpha value is -2.42. The number of benzene rings is 2. The molecular formula is C20H25N3O4S. The number of ether oxygens (including phenoxy) is 1. The predicted octanol–water partition coefficient (Wildman–Crippen LogP) is 2.24. The molecule has 1 fully saturated rings. The number of carbonyl (C=O) groups is 1. The highest BCUT2D eigenvalue weighted by molar-refractivity contribution is 7.89. The molecule has 2 aromatic carbocycles. The number of nitrogens with zero attached hydrogens (tertiary/aromatic N) is 1. The molecule has 150 valence electrons. The summed E-state index contributed by atoms with van der Waals surface area (Å²) in [6.45, 7) is 5.47. The zero-order valence-electron chi connectivity index (χ0n) is 16.2. The molecule has 0 saturated carbocycles. The van der Waals surface area contributed by atoms with Crippen LogP contribution in [0.15, 0.2) is 47.4 Å². The monoisotopic (exact) mass is 403 g/mol. The van der Waals surface area contributed by atoms with Gasteiger partial charge in [-0.2, -0.15) is 4.31 Å². The van der Waals surface area contributed by atoms with Crippen molar-refractivity contribution in [3.63, 3.8) is 0 Å². The van der Waals surface area contributed by atoms with Crippen LogP contribution in [-0.4, -0.2) is 51.4 Å². The molecule has 1 heterocycles. The van der Waals surface area contributed by atoms with Crippen molar-refractivity contribution in [3.05, 3.63) is 53.6 Å². The van der Waals surface area contributed by atoms with Crippen LogP contribution in [0.2, 0.25) is 0 Å². The minimum absolute atomic E-state index is 0.101. The summed E-state index contributed by atoms with van der Waals surface area (Å²) < 4.78 is 32.4. The van der Waals surface area contributed by atoms with Gasteiger partial charge in [0.1, 0.15) is 5.75 Å². The van der Waals surface area contributed by atoms with Crippen LogP contribution in [0.5, 0.6) is 5.75 Å². The Labute approximate surface area is 165 Å². The van der Waals surface area contributed by atoms with E-state index in [-0.39, 0.29) is 16.8 Å². The number of anilines is 1. The van der Waals surface area contributed by atoms with Gasteiger partial charge in [-0.05, 0) is 61.9 Å². The van der Waals surface area contributed by atoms with Crippen LogP contribution >= 0.6 is 0 Å². The number of aryl methyl sites for hydroxylation is 1. The Morgan fingerprint density at radius 2 is 1.93 bits per heavy atom. The molecule has 7 nitrogen and oxygen atoms in total. The van der Waals surface area contributed by atoms with Crippen molar-refractivity contribution in [2.75, 3.05) is 32.1 Å². The minimum atomic E-state index is -3.56. The molecule has 1 atom stereocenters. The Bertz CT molecular complexity index is 958. The number of methoxy groups -OCH3 is 1. The second-order valence-electron chi connectivity index (χ2n) is 6.83. The Kier molecular flexibility index (Phi) is 6.02. The molecule has 8 heteroatoms. The zero-order chi connectivity index (χ0) is 20.3. The van der Waals surface area contributed by atoms with Crippen LogP contribution < -0.4 is 15.4 Å². The molecule has 1 aliphatic heterocycles. The second kappa shape index (κ2) is 8.30. The van der Waals surface area contributed by atoms with Gasteiger partial charge in [-0.15, -0.1) is 0 Å². The van der Waals surface area contributed by atoms with Gasteiger partial charge in [0.15, 0.2) is 0 Å². The highest BCUT2D eigenvalue weighted by Gasteiger charge is 2.30. The lowest BCUT2D eigenvalue weighted by Crippen LogP contribution is -2.52. The van der Waals surface area contributed by atoms with Crippen LogP contribution in [0, 0.1) is 6.92 Å². The van der Waals surface area contributed by atoms with Gasteiger partial charge < -0.3 is 15.4 Å². The number of rotatable bonds is 5. The third-order valence-electron chi connectivity index (χ3n) is 4.82. The molecule has 0 spiro atoms. The average molecular weight is 404 g/mol. The molecule has 3 rings (SSSR count). The van der Waals surface area contributed by atoms with E-state index in [4.69, 9.17) is 4.74 Å². The summed E-state index contributed by atoms with van der Waals surface area (Å²) in [5.41, 5.74) is 1.90. The molecule has 0 unspecified atom stereocenters. The first kappa shape index (κ1) is 20.3. The fourth-order valence-corrected chi connectivity index (χ4v) is 4.88. The van der Waals surface area contributed by atoms with Crippen molar-refractivity contribution in [1.82, 2.24) is 9.62 Å². The molecular weight excluding hydrogens is 378 g/mol. The van der Waals surface area contributed by atoms with E-state index in [2.05, 4.69) is 10.6 Å². The molecule has 2 N–H and O–H groups in total. The average Bonchev–Trinajstić information content (AvgIpc) is 2.68. The summed E-state index contributed by atoms with van der Waals surface area (Å²) in [6.07, 6.45) is 0. The number of amides is 1. The van der Waals surface area contributed by atoms with Crippen LogP contribution in [-0.2, 0) is 10.0 Å². The van der Waals surface area contributed by atoms with Gasteiger partial charge in [0, 0.05) is 36.9 Å². The summed E-state index contributed by atoms with van der Waals surface area (Å²) in [6, 6.07) is 11.3. The lowest BCUT2D eigenvalue weighted by atomic mass is 10.1. The van der Waals surface area contributed by atoms with E-state index >= 15 is 0 Å². The summed E-state index contributed by atoms with van der Waals surface area (Å²) >= 11 is 0. The fraction of sp³-hybridized carbons (Fsp3) is 0.350. The van der Waals surface area contributed by atoms with Gasteiger partial charge in [0.2, 0.25) is 10.0 Å². The molecule has 0 bridgehead atoms. The number of carbonyl (C=O) groups excluding carboxylic acids is 1. The van der Waals surface area contributed by atoms with Crippen molar-refractivity contribution in [1.29, 1.82) is 0 Å². The maximum absolute atomic E-state index is 12.8. The fourth-order valence-electron chi connectivity index (χ4n) is 3.25. The van der Waals surface area contributed by atoms with E-state index in [0.29, 0.717) is 36.6 Å². The second-order valence-corrected chi connectivity index (χ2v) is 8.72. The van der Waals surface area contributed by atoms with Gasteiger partial charge in [-0.25, -0.2) is 8.42 Å². The lowest BCUT2D eigenvalue weighted by Gasteiger charge is -2.32. The standard InChI is InChI=1S/C20H25N3O4S/c1-14-12-16(4-9-19(14)27-3)20(24)22-17-5-7-18(8-6-17)28(25,26)23-11-10-21-13-15(23)2/h4-9,12,15,21H,10-11,13H2,1-3H3,(H,22,24)/t15-/m1/s1. The van der Waals surface area contributed by atoms with E-state index in [9.17, 15) is 13.2 Å². The number of sulfonamides is 1. The lowest BCUT2D eigenvalue weighted by molar-refractivity contribution is 0.102. The molecule has 2 aromatic rings. The molecule has 1 aliphatic rings. The SMILES string of the molecule is COc1ccc(C(=O)Nc2ccc(S(=O)(=O)N3CCNC[C@H]3C)cc2)cc1C. The van der Waals surface area contributed by atoms with E-state index in [1.54, 1.807) is 37.4 Å². The molecule has 0 aliphatic carbocycles. The molecule has 1 amide bonds. The third-order valence-corrected chi connectivity index (χ3v) is 6.84. The first-order chi connectivity index (χ1) is 13.3. The van der Waals surface area contributed by atoms with E-state index in [1.807, 2.05) is 13.8 Å². The van der Waals surface area contributed by atoms with Gasteiger partial charge in [0.25, 0.3) is 5.91 Å². The van der Waals surface area contributed by atoms with Gasteiger partial charge in [0.05, 0.1) is 12.0 Å². The summed E-state index contributed by atoms with van der Waals surface area (Å²) in [4.78, 5) is 12.7. The van der Waals surface area contributed by atoms with Crippen LogP contribution in [0.1, 0.15) is 22.8 Å². The maximum atomic E-state index is 12.8. The molecule has 0 radical (unpaired) electrons. The zero-order valence-corrected chi connectivity index (χ0v) is 17.0. The molecule has 28 heavy (non-hydrogen) atoms. The molecule has 1 saturated heterocycles. The van der Waals surface area contributed by atoms with Crippen LogP contribution in [0.3, 0.4) is 0 Å². The summed E-state index contributed by atoms with van der Waals surface area (Å²) in [5, 5.41) is 5.98. The topological polar surface area (TPSA) is 87.7 Å². The van der Waals surface area contributed by atoms with Crippen molar-refractivity contribution < 1.29 is 17.9 Å². The van der Waals surface area contributed by atoms with Crippen molar-refractivity contribution in [2.24, 2.45) is 0 Å². The van der Waals surface area contributed by atoms with E-state index in [0.717, 1.165) is 5.56 Å². The Morgan fingerprint density at radius 3 is 2.54 bits per heavy atom. The van der Waals surface area contributed by atoms with Crippen molar-refractivity contribution in [2.45, 2.75) is 24.8 Å². The Morgan fingerprint density at radius 1 is 1.21 bits per heavy atom. The highest BCUT2D eigenvalue weighted by atomic mass is 32.2. The minimum Gasteiger partial charge on any atom is -0.496 e. The first-order valence-corrected chi connectivity index (χ1v) is 10.6. The van der Waals surface area contributed by atoms with Gasteiger partial charge in [-0.3, -0.25) is 4.79 Å². The smallest absolute Gasteiger partial charge is 0.255 e. The van der Waals surface area contributed by atoms with Crippen molar-refractivity contribution in [3.8, 4) is 5.75 Å². The number of hydrogen-bond acceptors (Lipinski definition) is 5. The third kappa shape index (κ3) is 4.19. The highest BCUT2D eigenvalue weighted by Crippen LogP contribution is 2.22. The quantitative estimate of drug-likeness (QED) is 0.799. The largest absolute Gasteiger partial charge is 0.496 e. The van der Waals surface area contributed by atoms with Gasteiger partial charge >= 0.3 is 0 Å². The first-order valence-electron chi connectivity index (χ1n) is 9.11. The predicted molar refractivity (Wildman–Crippen MR) is 108 cm³/mol. The van der Waals surface area contributed by atoms with Crippen LogP contribution in [0.25, 0.3) is 0 Å². The number of hydrogen-bond donors (Lipinski definition) is 2. The maximum Gasteiger partial charge on any atom is 0.255 e. The summed E-state index contributed by atoms with van der Waals surface area (Å²) in [7, 11) is -1.97. The molecule has 0 aromatic heterocycles. The summed E-state index contributed by atoms with van der Waals surface area (Å²) in [5.74, 6) is 0.449. The number of nitrogens with one attached hydrogen (secondary N) is 2. The Balaban J connectivity index is 1.74. The van der Waals surface area contributed by atoms with E-state index in [1.165, 1.54) is 16.4 Å². The normalized spacial score (nSPS) is 17.9.